The van der Waals surface area contributed by atoms with Gasteiger partial charge in [0.25, 0.3) is 29.5 Å². The minimum Gasteiger partial charge on any atom is -0.480 e. The number of Topliss-reactive ketones (excluding diaryl/α,β-unsaturated/α-hetero) is 4. The van der Waals surface area contributed by atoms with E-state index in [4.69, 9.17) is 60.8 Å². The molecule has 8 aromatic rings. The van der Waals surface area contributed by atoms with Crippen LogP contribution >= 0.6 is 0 Å². The molecule has 30 nitrogen and oxygen atoms in total. The fourth-order valence-corrected chi connectivity index (χ4v) is 9.19. The molecule has 116 heavy (non-hydrogen) atoms. The summed E-state index contributed by atoms with van der Waals surface area (Å²) in [6.07, 6.45) is 7.56. The smallest absolute Gasteiger partial charge is 0.254 e. The first kappa shape index (κ1) is 94.3. The molecule has 0 aliphatic heterocycles. The molecule has 0 saturated heterocycles. The predicted molar refractivity (Wildman–Crippen MR) is 404 cm³/mol. The van der Waals surface area contributed by atoms with E-state index in [0.717, 1.165) is 17.7 Å². The summed E-state index contributed by atoms with van der Waals surface area (Å²) in [7, 11) is 5.46. The molecule has 626 valence electrons. The maximum Gasteiger partial charge on any atom is 0.254 e. The third kappa shape index (κ3) is 28.7. The summed E-state index contributed by atoms with van der Waals surface area (Å²) in [5, 5.41) is 14.0. The van der Waals surface area contributed by atoms with Crippen LogP contribution in [0.15, 0.2) is 127 Å². The first-order chi connectivity index (χ1) is 54.5. The number of benzene rings is 3. The van der Waals surface area contributed by atoms with Gasteiger partial charge in [-0.1, -0.05) is 30.3 Å². The highest BCUT2D eigenvalue weighted by Gasteiger charge is 2.37. The lowest BCUT2D eigenvalue weighted by Gasteiger charge is -2.26. The first-order valence-electron chi connectivity index (χ1n) is 35.0. The molecule has 5 heterocycles. The van der Waals surface area contributed by atoms with Crippen LogP contribution in [0.25, 0.3) is 0 Å². The van der Waals surface area contributed by atoms with E-state index in [-0.39, 0.29) is 61.2 Å². The molecule has 5 aromatic heterocycles. The van der Waals surface area contributed by atoms with Crippen LogP contribution in [-0.4, -0.2) is 173 Å². The third-order valence-corrected chi connectivity index (χ3v) is 17.2. The van der Waals surface area contributed by atoms with E-state index in [2.05, 4.69) is 50.9 Å². The highest BCUT2D eigenvalue weighted by Crippen LogP contribution is 2.29. The molecule has 0 bridgehead atoms. The molecule has 38 heteroatoms. The first-order valence-corrected chi connectivity index (χ1v) is 35.0. The largest absolute Gasteiger partial charge is 0.480 e. The van der Waals surface area contributed by atoms with Crippen LogP contribution in [0.3, 0.4) is 0 Å². The van der Waals surface area contributed by atoms with E-state index >= 15 is 0 Å². The SMILES string of the molecule is COC(C)(C)C(=O)NC(Cc1ccc(N)nc1)C(=O)COc1c(F)c(C)cc(F)c1F.COC(C)(C)C(=O)NC(Cc1ccc(N)nc1)C(=O)COc1c(F)ccc(F)c1F.COC(C)(C)C(=O)NC(Cc1ccc(N)nc1)C(=O)COc1c(F)cccc1F.COC(C)(C)C(=O)NC(Cc1ccc(N)nc1)C(=O)COc1ccon1. The average molecular weight is 1630 g/mol. The molecular weight excluding hydrogens is 1540 g/mol. The molecule has 4 amide bonds. The number of nitrogen functional groups attached to an aromatic ring is 4. The molecule has 4 unspecified atom stereocenters. The minimum atomic E-state index is -1.55. The number of aromatic nitrogens is 5. The number of ketones is 4. The number of anilines is 4. The second-order valence-corrected chi connectivity index (χ2v) is 27.4. The molecule has 12 N–H and O–H groups in total. The zero-order valence-electron chi connectivity index (χ0n) is 65.5. The number of amides is 4. The number of nitrogens with zero attached hydrogens (tertiary/aromatic N) is 5. The number of nitrogens with two attached hydrogens (primary N) is 4. The van der Waals surface area contributed by atoms with Crippen molar-refractivity contribution in [3.05, 3.63) is 196 Å². The number of rotatable bonds is 36. The van der Waals surface area contributed by atoms with Gasteiger partial charge in [0.05, 0.1) is 24.2 Å². The monoisotopic (exact) mass is 1630 g/mol. The number of carbonyl (C=O) groups excluding carboxylic acids is 8. The normalized spacial score (nSPS) is 12.4. The topological polar surface area (TPSA) is 440 Å². The van der Waals surface area contributed by atoms with Crippen molar-refractivity contribution < 1.29 is 116 Å². The van der Waals surface area contributed by atoms with Crippen molar-refractivity contribution in [3.8, 4) is 23.1 Å². The minimum absolute atomic E-state index is 0.00809. The number of hydrogen-bond acceptors (Lipinski definition) is 26. The Morgan fingerprint density at radius 3 is 0.974 bits per heavy atom. The van der Waals surface area contributed by atoms with Crippen LogP contribution in [0.4, 0.5) is 58.4 Å². The molecule has 0 radical (unpaired) electrons. The number of pyridine rings is 4. The Kier molecular flexibility index (Phi) is 35.2. The summed E-state index contributed by atoms with van der Waals surface area (Å²) in [6.45, 7) is 11.0. The number of ether oxygens (including phenoxy) is 8. The number of hydrogen-bond donors (Lipinski definition) is 8. The Morgan fingerprint density at radius 1 is 0.379 bits per heavy atom. The molecule has 3 aromatic carbocycles. The van der Waals surface area contributed by atoms with Crippen LogP contribution < -0.4 is 63.1 Å². The number of aryl methyl sites for hydroxylation is 1. The van der Waals surface area contributed by atoms with Gasteiger partial charge in [0, 0.05) is 85.0 Å². The maximum atomic E-state index is 14.1. The molecule has 0 saturated carbocycles. The van der Waals surface area contributed by atoms with Gasteiger partial charge in [0.1, 0.15) is 71.8 Å². The predicted octanol–water partition coefficient (Wildman–Crippen LogP) is 7.47. The lowest BCUT2D eigenvalue weighted by atomic mass is 10.0. The van der Waals surface area contributed by atoms with Gasteiger partial charge in [-0.05, 0) is 150 Å². The second-order valence-electron chi connectivity index (χ2n) is 27.4. The van der Waals surface area contributed by atoms with Crippen molar-refractivity contribution in [3.63, 3.8) is 0 Å². The zero-order chi connectivity index (χ0) is 86.6. The van der Waals surface area contributed by atoms with E-state index in [1.54, 1.807) is 70.3 Å². The van der Waals surface area contributed by atoms with Crippen LogP contribution in [-0.2, 0) is 83.0 Å². The highest BCUT2D eigenvalue weighted by atomic mass is 19.2. The number of nitrogens with one attached hydrogen (secondary N) is 4. The van der Waals surface area contributed by atoms with Crippen molar-refractivity contribution in [2.45, 2.75) is 135 Å². The summed E-state index contributed by atoms with van der Waals surface area (Å²) < 4.78 is 155. The Bertz CT molecular complexity index is 4600. The molecular formula is C78H91F8N13O17. The van der Waals surface area contributed by atoms with Gasteiger partial charge in [-0.15, -0.1) is 0 Å². The Labute approximate surface area is 661 Å². The number of methoxy groups -OCH3 is 4. The lowest BCUT2D eigenvalue weighted by molar-refractivity contribution is -0.142. The fraction of sp³-hybridized carbons (Fsp3) is 0.372. The number of carbonyl (C=O) groups is 8. The molecule has 8 rings (SSSR count). The van der Waals surface area contributed by atoms with Gasteiger partial charge in [-0.25, -0.2) is 46.3 Å². The molecule has 4 atom stereocenters. The van der Waals surface area contributed by atoms with Gasteiger partial charge in [0.2, 0.25) is 11.6 Å². The van der Waals surface area contributed by atoms with Crippen LogP contribution in [0.2, 0.25) is 0 Å². The van der Waals surface area contributed by atoms with Crippen LogP contribution in [0.1, 0.15) is 83.2 Å². The molecule has 0 spiro atoms. The fourth-order valence-electron chi connectivity index (χ4n) is 9.19. The van der Waals surface area contributed by atoms with Gasteiger partial charge in [-0.3, -0.25) is 38.4 Å². The quantitative estimate of drug-likeness (QED) is 0.0139. The summed E-state index contributed by atoms with van der Waals surface area (Å²) in [5.41, 5.74) is 19.8. The van der Waals surface area contributed by atoms with E-state index < -0.39 is 171 Å². The van der Waals surface area contributed by atoms with Crippen molar-refractivity contribution in [1.82, 2.24) is 46.4 Å². The van der Waals surface area contributed by atoms with Crippen LogP contribution in [0.5, 0.6) is 23.1 Å². The zero-order valence-corrected chi connectivity index (χ0v) is 65.5. The Hall–Kier alpha value is -12.3. The van der Waals surface area contributed by atoms with E-state index in [1.807, 2.05) is 0 Å². The highest BCUT2D eigenvalue weighted by molar-refractivity contribution is 5.95. The molecule has 0 aliphatic carbocycles. The Morgan fingerprint density at radius 2 is 0.672 bits per heavy atom. The molecule has 0 aliphatic rings. The third-order valence-electron chi connectivity index (χ3n) is 17.2. The Balaban J connectivity index is 0.000000276. The average Bonchev–Trinajstić information content (AvgIpc) is 0.872. The summed E-state index contributed by atoms with van der Waals surface area (Å²) >= 11 is 0. The summed E-state index contributed by atoms with van der Waals surface area (Å²) in [6, 6.07) is 15.4. The van der Waals surface area contributed by atoms with E-state index in [0.29, 0.717) is 46.5 Å². The van der Waals surface area contributed by atoms with Crippen molar-refractivity contribution >= 4 is 70.0 Å². The van der Waals surface area contributed by atoms with Gasteiger partial charge in [-0.2, -0.15) is 8.78 Å². The summed E-state index contributed by atoms with van der Waals surface area (Å²) in [5.74, 6) is -15.5. The van der Waals surface area contributed by atoms with Crippen molar-refractivity contribution in [1.29, 1.82) is 0 Å². The standard InChI is InChI=1S/C21H24F3N3O4.C20H22F3N3O4.C20H23F2N3O4.C17H22N4O5/c1-11-7-13(22)18(24)19(17(11)23)31-10-15(28)14(27-20(29)21(2,3)30-4)8-12-5-6-16(25)26-9-12;1-20(2,29-3)19(28)26-14(8-11-4-7-16(24)25-9-11)15(27)10-30-18-13(22)6-5-12(21)17(18)23;1-20(2,28-3)19(27)25-15(9-12-7-8-17(23)24-10-12)16(26)11-29-18-13(21)5-4-6-14(18)22;1-17(2,24-3)16(23)20-12(8-11-4-5-14(18)19-9-11)13(22)10-25-15-6-7-26-21-15/h5-7,9,14H,8,10H2,1-4H3,(H2,25,26)(H,27,29);4-7,9,14H,8,10H2,1-3H3,(H2,24,25)(H,26,28);4-8,10,15H,9,11H2,1-3H3,(H2,23,24)(H,25,27);4-7,9,12H,8,10H2,1-3H3,(H2,18,19)(H,20,23). The summed E-state index contributed by atoms with van der Waals surface area (Å²) in [4.78, 5) is 116. The number of halogens is 8. The van der Waals surface area contributed by atoms with Crippen molar-refractivity contribution in [2.75, 3.05) is 77.8 Å². The second kappa shape index (κ2) is 43.3. The van der Waals surface area contributed by atoms with Gasteiger partial charge >= 0.3 is 0 Å². The van der Waals surface area contributed by atoms with Gasteiger partial charge < -0.3 is 86.6 Å². The van der Waals surface area contributed by atoms with Crippen molar-refractivity contribution in [2.24, 2.45) is 0 Å². The van der Waals surface area contributed by atoms with E-state index in [9.17, 15) is 73.5 Å². The number of para-hydroxylation sites is 1. The molecule has 0 fully saturated rings. The van der Waals surface area contributed by atoms with Gasteiger partial charge in [0.15, 0.2) is 81.9 Å². The maximum absolute atomic E-state index is 14.1. The van der Waals surface area contributed by atoms with E-state index in [1.165, 1.54) is 112 Å². The lowest BCUT2D eigenvalue weighted by Crippen LogP contribution is -2.52. The van der Waals surface area contributed by atoms with Crippen LogP contribution in [0, 0.1) is 53.5 Å².